The first kappa shape index (κ1) is 15.6. The molecule has 0 atom stereocenters. The second-order valence-corrected chi connectivity index (χ2v) is 6.46. The van der Waals surface area contributed by atoms with E-state index in [9.17, 15) is 4.79 Å². The number of carbonyl (C=O) groups excluding carboxylic acids is 1. The van der Waals surface area contributed by atoms with Crippen LogP contribution in [0.25, 0.3) is 5.57 Å². The van der Waals surface area contributed by atoms with E-state index in [1.165, 1.54) is 6.42 Å². The second kappa shape index (κ2) is 6.33. The molecule has 0 saturated carbocycles. The Hall–Kier alpha value is -1.77. The van der Waals surface area contributed by atoms with E-state index < -0.39 is 0 Å². The summed E-state index contributed by atoms with van der Waals surface area (Å²) in [5, 5.41) is 3.17. The molecule has 1 heterocycles. The summed E-state index contributed by atoms with van der Waals surface area (Å²) < 4.78 is 0. The van der Waals surface area contributed by atoms with Crippen LogP contribution < -0.4 is 5.32 Å². The van der Waals surface area contributed by atoms with Crippen LogP contribution >= 0.6 is 0 Å². The zero-order chi connectivity index (χ0) is 15.5. The summed E-state index contributed by atoms with van der Waals surface area (Å²) in [5.74, 6) is 0. The summed E-state index contributed by atoms with van der Waals surface area (Å²) in [4.78, 5) is 14.3. The van der Waals surface area contributed by atoms with E-state index in [1.54, 1.807) is 0 Å². The minimum absolute atomic E-state index is 0.0421. The number of amides is 2. The van der Waals surface area contributed by atoms with Crippen molar-refractivity contribution in [2.75, 3.05) is 13.1 Å². The van der Waals surface area contributed by atoms with Crippen molar-refractivity contribution in [3.8, 4) is 0 Å². The molecule has 1 saturated heterocycles. The van der Waals surface area contributed by atoms with Crippen LogP contribution in [0.3, 0.4) is 0 Å². The van der Waals surface area contributed by atoms with Gasteiger partial charge < -0.3 is 10.2 Å². The van der Waals surface area contributed by atoms with Crippen molar-refractivity contribution < 1.29 is 4.79 Å². The Morgan fingerprint density at radius 1 is 1.24 bits per heavy atom. The summed E-state index contributed by atoms with van der Waals surface area (Å²) in [7, 11) is 0. The van der Waals surface area contributed by atoms with Crippen LogP contribution in [0.15, 0.2) is 30.8 Å². The number of benzene rings is 1. The maximum atomic E-state index is 12.4. The Balaban J connectivity index is 2.11. The largest absolute Gasteiger partial charge is 0.329 e. The SMILES string of the molecule is C=C(C)c1cccc(C(C)(C)NC(=O)N2CCCCC2)c1. The van der Waals surface area contributed by atoms with Gasteiger partial charge in [-0.2, -0.15) is 0 Å². The summed E-state index contributed by atoms with van der Waals surface area (Å²) in [5.41, 5.74) is 2.87. The molecule has 0 spiro atoms. The molecule has 0 unspecified atom stereocenters. The van der Waals surface area contributed by atoms with Gasteiger partial charge in [-0.3, -0.25) is 0 Å². The maximum Gasteiger partial charge on any atom is 0.318 e. The fraction of sp³-hybridized carbons (Fsp3) is 0.500. The van der Waals surface area contributed by atoms with Gasteiger partial charge in [0.05, 0.1) is 5.54 Å². The zero-order valence-corrected chi connectivity index (χ0v) is 13.4. The van der Waals surface area contributed by atoms with Crippen LogP contribution in [-0.4, -0.2) is 24.0 Å². The highest BCUT2D eigenvalue weighted by atomic mass is 16.2. The minimum Gasteiger partial charge on any atom is -0.329 e. The first-order chi connectivity index (χ1) is 9.90. The Morgan fingerprint density at radius 2 is 1.90 bits per heavy atom. The van der Waals surface area contributed by atoms with E-state index in [4.69, 9.17) is 0 Å². The number of nitrogens with one attached hydrogen (secondary N) is 1. The van der Waals surface area contributed by atoms with Gasteiger partial charge in [-0.05, 0) is 57.2 Å². The first-order valence-electron chi connectivity index (χ1n) is 7.74. The molecular formula is C18H26N2O. The van der Waals surface area contributed by atoms with Crippen molar-refractivity contribution in [2.24, 2.45) is 0 Å². The fourth-order valence-electron chi connectivity index (χ4n) is 2.69. The molecule has 21 heavy (non-hydrogen) atoms. The molecule has 0 aromatic heterocycles. The number of hydrogen-bond acceptors (Lipinski definition) is 1. The topological polar surface area (TPSA) is 32.3 Å². The van der Waals surface area contributed by atoms with Crippen molar-refractivity contribution in [1.29, 1.82) is 0 Å². The summed E-state index contributed by atoms with van der Waals surface area (Å²) >= 11 is 0. The van der Waals surface area contributed by atoms with Gasteiger partial charge in [0.2, 0.25) is 0 Å². The van der Waals surface area contributed by atoms with Gasteiger partial charge in [0.25, 0.3) is 0 Å². The standard InChI is InChI=1S/C18H26N2O/c1-14(2)15-9-8-10-16(13-15)18(3,4)19-17(21)20-11-6-5-7-12-20/h8-10,13H,1,5-7,11-12H2,2-4H3,(H,19,21). The van der Waals surface area contributed by atoms with E-state index in [0.29, 0.717) is 0 Å². The summed E-state index contributed by atoms with van der Waals surface area (Å²) in [6, 6.07) is 8.28. The van der Waals surface area contributed by atoms with E-state index in [-0.39, 0.29) is 11.6 Å². The number of likely N-dealkylation sites (tertiary alicyclic amines) is 1. The predicted octanol–water partition coefficient (Wildman–Crippen LogP) is 4.15. The Kier molecular flexibility index (Phi) is 4.71. The normalized spacial score (nSPS) is 15.7. The van der Waals surface area contributed by atoms with Crippen LogP contribution in [-0.2, 0) is 5.54 Å². The van der Waals surface area contributed by atoms with Gasteiger partial charge in [0.1, 0.15) is 0 Å². The van der Waals surface area contributed by atoms with Crippen molar-refractivity contribution in [2.45, 2.75) is 45.6 Å². The monoisotopic (exact) mass is 286 g/mol. The van der Waals surface area contributed by atoms with E-state index >= 15 is 0 Å². The highest BCUT2D eigenvalue weighted by Crippen LogP contribution is 2.24. The molecule has 1 aliphatic heterocycles. The molecule has 114 valence electrons. The number of rotatable bonds is 3. The molecule has 1 fully saturated rings. The molecule has 1 N–H and O–H groups in total. The van der Waals surface area contributed by atoms with Gasteiger partial charge in [0.15, 0.2) is 0 Å². The number of piperidine rings is 1. The Bertz CT molecular complexity index is 528. The minimum atomic E-state index is -0.389. The number of hydrogen-bond donors (Lipinski definition) is 1. The first-order valence-corrected chi connectivity index (χ1v) is 7.74. The van der Waals surface area contributed by atoms with Crippen molar-refractivity contribution in [1.82, 2.24) is 10.2 Å². The maximum absolute atomic E-state index is 12.4. The molecule has 3 nitrogen and oxygen atoms in total. The number of carbonyl (C=O) groups is 1. The molecule has 0 radical (unpaired) electrons. The molecule has 1 aromatic carbocycles. The van der Waals surface area contributed by atoms with Crippen molar-refractivity contribution >= 4 is 11.6 Å². The third-order valence-electron chi connectivity index (χ3n) is 4.14. The van der Waals surface area contributed by atoms with Gasteiger partial charge in [-0.25, -0.2) is 4.79 Å². The molecular weight excluding hydrogens is 260 g/mol. The van der Waals surface area contributed by atoms with Crippen molar-refractivity contribution in [3.63, 3.8) is 0 Å². The molecule has 2 rings (SSSR count). The van der Waals surface area contributed by atoms with Crippen molar-refractivity contribution in [3.05, 3.63) is 42.0 Å². The fourth-order valence-corrected chi connectivity index (χ4v) is 2.69. The van der Waals surface area contributed by atoms with Gasteiger partial charge >= 0.3 is 6.03 Å². The van der Waals surface area contributed by atoms with E-state index in [1.807, 2.05) is 37.8 Å². The number of urea groups is 1. The molecule has 2 amide bonds. The third kappa shape index (κ3) is 3.87. The predicted molar refractivity (Wildman–Crippen MR) is 88.1 cm³/mol. The van der Waals surface area contributed by atoms with Crippen LogP contribution in [0.5, 0.6) is 0 Å². The Labute approximate surface area is 128 Å². The average molecular weight is 286 g/mol. The lowest BCUT2D eigenvalue weighted by molar-refractivity contribution is 0.176. The lowest BCUT2D eigenvalue weighted by Gasteiger charge is -2.33. The number of nitrogens with zero attached hydrogens (tertiary/aromatic N) is 1. The lowest BCUT2D eigenvalue weighted by atomic mass is 9.92. The van der Waals surface area contributed by atoms with Gasteiger partial charge in [-0.15, -0.1) is 0 Å². The third-order valence-corrected chi connectivity index (χ3v) is 4.14. The summed E-state index contributed by atoms with van der Waals surface area (Å²) in [6.07, 6.45) is 3.45. The molecule has 1 aromatic rings. The van der Waals surface area contributed by atoms with Gasteiger partial charge in [0, 0.05) is 13.1 Å². The van der Waals surface area contributed by atoms with Crippen LogP contribution in [0.1, 0.15) is 51.2 Å². The molecule has 0 bridgehead atoms. The quantitative estimate of drug-likeness (QED) is 0.889. The smallest absolute Gasteiger partial charge is 0.318 e. The zero-order valence-electron chi connectivity index (χ0n) is 13.4. The second-order valence-electron chi connectivity index (χ2n) is 6.46. The highest BCUT2D eigenvalue weighted by Gasteiger charge is 2.26. The van der Waals surface area contributed by atoms with Crippen LogP contribution in [0, 0.1) is 0 Å². The van der Waals surface area contributed by atoms with E-state index in [2.05, 4.69) is 24.0 Å². The average Bonchev–Trinajstić information content (AvgIpc) is 2.48. The summed E-state index contributed by atoms with van der Waals surface area (Å²) in [6.45, 7) is 11.8. The highest BCUT2D eigenvalue weighted by molar-refractivity contribution is 5.75. The lowest BCUT2D eigenvalue weighted by Crippen LogP contribution is -2.49. The molecule has 1 aliphatic rings. The molecule has 0 aliphatic carbocycles. The Morgan fingerprint density at radius 3 is 2.52 bits per heavy atom. The van der Waals surface area contributed by atoms with Crippen LogP contribution in [0.2, 0.25) is 0 Å². The molecule has 3 heteroatoms. The van der Waals surface area contributed by atoms with E-state index in [0.717, 1.165) is 42.6 Å². The number of allylic oxidation sites excluding steroid dienone is 1. The van der Waals surface area contributed by atoms with Crippen LogP contribution in [0.4, 0.5) is 4.79 Å². The van der Waals surface area contributed by atoms with Gasteiger partial charge in [-0.1, -0.05) is 30.4 Å².